The average Bonchev–Trinajstić information content (AvgIpc) is 2.99. The minimum Gasteiger partial charge on any atom is -0.496 e. The van der Waals surface area contributed by atoms with E-state index in [1.54, 1.807) is 56.5 Å². The van der Waals surface area contributed by atoms with E-state index in [1.807, 2.05) is 6.92 Å². The fourth-order valence-electron chi connectivity index (χ4n) is 3.78. The third kappa shape index (κ3) is 4.41. The van der Waals surface area contributed by atoms with Crippen LogP contribution in [0.15, 0.2) is 42.5 Å². The predicted octanol–water partition coefficient (Wildman–Crippen LogP) is 2.43. The molecule has 1 aliphatic rings. The highest BCUT2D eigenvalue weighted by atomic mass is 16.5. The van der Waals surface area contributed by atoms with E-state index in [0.29, 0.717) is 29.0 Å². The molecular weight excluding hydrogens is 414 g/mol. The van der Waals surface area contributed by atoms with E-state index in [1.165, 1.54) is 0 Å². The molecule has 0 aromatic heterocycles. The number of hydrogen-bond donors (Lipinski definition) is 3. The molecule has 32 heavy (non-hydrogen) atoms. The molecule has 4 amide bonds. The summed E-state index contributed by atoms with van der Waals surface area (Å²) in [4.78, 5) is 50.0. The zero-order valence-electron chi connectivity index (χ0n) is 18.1. The van der Waals surface area contributed by atoms with Crippen molar-refractivity contribution in [2.75, 3.05) is 19.0 Å². The first kappa shape index (κ1) is 22.8. The predicted molar refractivity (Wildman–Crippen MR) is 116 cm³/mol. The highest BCUT2D eigenvalue weighted by Crippen LogP contribution is 2.34. The number of rotatable bonds is 8. The molecule has 1 heterocycles. The Morgan fingerprint density at radius 1 is 1.16 bits per heavy atom. The van der Waals surface area contributed by atoms with Crippen LogP contribution >= 0.6 is 0 Å². The Morgan fingerprint density at radius 2 is 1.84 bits per heavy atom. The molecule has 1 aliphatic heterocycles. The van der Waals surface area contributed by atoms with Crippen molar-refractivity contribution in [2.24, 2.45) is 0 Å². The number of aliphatic carboxylic acids is 1. The standard InChI is InChI=1S/C23H25N3O6/c1-4-23(16-7-10-18(32-3)14(2)11-16)21(30)26(22(31)25-23)13-19(27)24-17-8-5-15(6-9-17)12-20(28)29/h5-11H,4,12-13H2,1-3H3,(H,24,27)(H,25,31)(H,28,29). The van der Waals surface area contributed by atoms with Gasteiger partial charge in [0, 0.05) is 5.69 Å². The Labute approximate surface area is 185 Å². The normalized spacial score (nSPS) is 17.8. The number of carboxylic acid groups (broad SMARTS) is 1. The zero-order chi connectivity index (χ0) is 23.5. The van der Waals surface area contributed by atoms with Gasteiger partial charge in [-0.1, -0.05) is 25.1 Å². The summed E-state index contributed by atoms with van der Waals surface area (Å²) in [6.07, 6.45) is 0.188. The summed E-state index contributed by atoms with van der Waals surface area (Å²) < 4.78 is 5.27. The molecule has 9 heteroatoms. The maximum absolute atomic E-state index is 13.2. The van der Waals surface area contributed by atoms with Crippen molar-refractivity contribution in [3.63, 3.8) is 0 Å². The Balaban J connectivity index is 1.74. The number of carbonyl (C=O) groups is 4. The molecule has 3 N–H and O–H groups in total. The lowest BCUT2D eigenvalue weighted by Crippen LogP contribution is -2.44. The van der Waals surface area contributed by atoms with Crippen molar-refractivity contribution in [1.29, 1.82) is 0 Å². The first-order valence-electron chi connectivity index (χ1n) is 10.1. The van der Waals surface area contributed by atoms with E-state index >= 15 is 0 Å². The van der Waals surface area contributed by atoms with Crippen molar-refractivity contribution < 1.29 is 29.0 Å². The van der Waals surface area contributed by atoms with Gasteiger partial charge in [0.1, 0.15) is 17.8 Å². The molecule has 1 atom stereocenters. The minimum atomic E-state index is -1.26. The van der Waals surface area contributed by atoms with E-state index in [0.717, 1.165) is 10.5 Å². The molecule has 3 rings (SSSR count). The maximum atomic E-state index is 13.2. The quantitative estimate of drug-likeness (QED) is 0.543. The van der Waals surface area contributed by atoms with Gasteiger partial charge >= 0.3 is 12.0 Å². The van der Waals surface area contributed by atoms with Crippen LogP contribution in [0.3, 0.4) is 0 Å². The summed E-state index contributed by atoms with van der Waals surface area (Å²) in [6, 6.07) is 10.9. The second-order valence-corrected chi connectivity index (χ2v) is 7.58. The topological polar surface area (TPSA) is 125 Å². The van der Waals surface area contributed by atoms with Crippen LogP contribution in [0.5, 0.6) is 5.75 Å². The number of urea groups is 1. The Hall–Kier alpha value is -3.88. The lowest BCUT2D eigenvalue weighted by molar-refractivity contribution is -0.136. The molecule has 0 spiro atoms. The number of methoxy groups -OCH3 is 1. The van der Waals surface area contributed by atoms with Gasteiger partial charge in [-0.25, -0.2) is 4.79 Å². The van der Waals surface area contributed by atoms with Gasteiger partial charge in [0.15, 0.2) is 0 Å². The number of imide groups is 1. The van der Waals surface area contributed by atoms with Gasteiger partial charge in [-0.2, -0.15) is 0 Å². The van der Waals surface area contributed by atoms with Crippen LogP contribution in [0.4, 0.5) is 10.5 Å². The second-order valence-electron chi connectivity index (χ2n) is 7.58. The first-order chi connectivity index (χ1) is 15.2. The van der Waals surface area contributed by atoms with Crippen LogP contribution in [0.2, 0.25) is 0 Å². The molecule has 2 aromatic carbocycles. The molecule has 0 bridgehead atoms. The number of nitrogens with zero attached hydrogens (tertiary/aromatic N) is 1. The summed E-state index contributed by atoms with van der Waals surface area (Å²) in [5.41, 5.74) is 1.21. The van der Waals surface area contributed by atoms with E-state index in [4.69, 9.17) is 9.84 Å². The Kier molecular flexibility index (Phi) is 6.47. The van der Waals surface area contributed by atoms with Crippen LogP contribution in [0, 0.1) is 6.92 Å². The number of nitrogens with one attached hydrogen (secondary N) is 2. The van der Waals surface area contributed by atoms with Crippen molar-refractivity contribution in [2.45, 2.75) is 32.2 Å². The molecule has 1 fully saturated rings. The number of carbonyl (C=O) groups excluding carboxylic acids is 3. The van der Waals surface area contributed by atoms with Gasteiger partial charge in [-0.3, -0.25) is 19.3 Å². The molecule has 0 saturated carbocycles. The minimum absolute atomic E-state index is 0.124. The molecule has 0 aliphatic carbocycles. The molecule has 1 saturated heterocycles. The summed E-state index contributed by atoms with van der Waals surface area (Å²) in [5.74, 6) is -1.33. The number of hydrogen-bond acceptors (Lipinski definition) is 5. The fraction of sp³-hybridized carbons (Fsp3) is 0.304. The van der Waals surface area contributed by atoms with E-state index < -0.39 is 35.9 Å². The van der Waals surface area contributed by atoms with Crippen molar-refractivity contribution in [1.82, 2.24) is 10.2 Å². The van der Waals surface area contributed by atoms with E-state index in [9.17, 15) is 19.2 Å². The number of aryl methyl sites for hydroxylation is 1. The van der Waals surface area contributed by atoms with Gasteiger partial charge in [-0.15, -0.1) is 0 Å². The van der Waals surface area contributed by atoms with Crippen molar-refractivity contribution >= 4 is 29.5 Å². The summed E-state index contributed by atoms with van der Waals surface area (Å²) in [5, 5.41) is 14.2. The SMILES string of the molecule is CCC1(c2ccc(OC)c(C)c2)NC(=O)N(CC(=O)Nc2ccc(CC(=O)O)cc2)C1=O. The molecule has 168 valence electrons. The average molecular weight is 439 g/mol. The van der Waals surface area contributed by atoms with E-state index in [-0.39, 0.29) is 6.42 Å². The summed E-state index contributed by atoms with van der Waals surface area (Å²) in [6.45, 7) is 3.19. The fourth-order valence-corrected chi connectivity index (χ4v) is 3.78. The number of carboxylic acids is 1. The van der Waals surface area contributed by atoms with Gasteiger partial charge in [-0.05, 0) is 54.3 Å². The van der Waals surface area contributed by atoms with Crippen LogP contribution in [-0.2, 0) is 26.3 Å². The first-order valence-corrected chi connectivity index (χ1v) is 10.1. The number of ether oxygens (including phenoxy) is 1. The van der Waals surface area contributed by atoms with E-state index in [2.05, 4.69) is 10.6 Å². The van der Waals surface area contributed by atoms with Crippen molar-refractivity contribution in [3.8, 4) is 5.75 Å². The summed E-state index contributed by atoms with van der Waals surface area (Å²) in [7, 11) is 1.56. The van der Waals surface area contributed by atoms with Crippen LogP contribution < -0.4 is 15.4 Å². The monoisotopic (exact) mass is 439 g/mol. The largest absolute Gasteiger partial charge is 0.496 e. The molecule has 9 nitrogen and oxygen atoms in total. The molecule has 1 unspecified atom stereocenters. The van der Waals surface area contributed by atoms with Gasteiger partial charge in [0.25, 0.3) is 5.91 Å². The third-order valence-corrected chi connectivity index (χ3v) is 5.49. The van der Waals surface area contributed by atoms with Crippen molar-refractivity contribution in [3.05, 3.63) is 59.2 Å². The van der Waals surface area contributed by atoms with Gasteiger partial charge in [0.05, 0.1) is 13.5 Å². The zero-order valence-corrected chi connectivity index (χ0v) is 18.1. The Bertz CT molecular complexity index is 1070. The van der Waals surface area contributed by atoms with Gasteiger partial charge in [0.2, 0.25) is 5.91 Å². The van der Waals surface area contributed by atoms with Crippen LogP contribution in [-0.4, -0.2) is 47.5 Å². The number of amides is 4. The van der Waals surface area contributed by atoms with Crippen LogP contribution in [0.25, 0.3) is 0 Å². The number of benzene rings is 2. The highest BCUT2D eigenvalue weighted by Gasteiger charge is 2.51. The smallest absolute Gasteiger partial charge is 0.325 e. The number of anilines is 1. The molecular formula is C23H25N3O6. The molecule has 0 radical (unpaired) electrons. The Morgan fingerprint density at radius 3 is 2.41 bits per heavy atom. The third-order valence-electron chi connectivity index (χ3n) is 5.49. The maximum Gasteiger partial charge on any atom is 0.325 e. The second kappa shape index (κ2) is 9.09. The van der Waals surface area contributed by atoms with Gasteiger partial charge < -0.3 is 20.5 Å². The van der Waals surface area contributed by atoms with Crippen LogP contribution in [0.1, 0.15) is 30.0 Å². The highest BCUT2D eigenvalue weighted by molar-refractivity contribution is 6.10. The lowest BCUT2D eigenvalue weighted by atomic mass is 9.86. The lowest BCUT2D eigenvalue weighted by Gasteiger charge is -2.26. The molecule has 2 aromatic rings. The summed E-state index contributed by atoms with van der Waals surface area (Å²) >= 11 is 0.